The average Bonchev–Trinajstić information content (AvgIpc) is 2.76. The summed E-state index contributed by atoms with van der Waals surface area (Å²) >= 11 is 1.44. The largest absolute Gasteiger partial charge is 0.485 e. The highest BCUT2D eigenvalue weighted by atomic mass is 32.1. The molecule has 0 radical (unpaired) electrons. The summed E-state index contributed by atoms with van der Waals surface area (Å²) in [4.78, 5) is 5.00. The Morgan fingerprint density at radius 3 is 2.94 bits per heavy atom. The number of rotatable bonds is 5. The maximum Gasteiger partial charge on any atom is 0.182 e. The number of hydrogen-bond donors (Lipinski definition) is 1. The van der Waals surface area contributed by atoms with Crippen LogP contribution in [-0.2, 0) is 6.61 Å². The van der Waals surface area contributed by atoms with Gasteiger partial charge in [0, 0.05) is 18.8 Å². The number of ether oxygens (including phenoxy) is 1. The van der Waals surface area contributed by atoms with E-state index in [0.717, 1.165) is 28.7 Å². The molecule has 0 amide bonds. The summed E-state index contributed by atoms with van der Waals surface area (Å²) in [7, 11) is 0. The number of benzene rings is 1. The smallest absolute Gasteiger partial charge is 0.182 e. The minimum atomic E-state index is -0.702. The van der Waals surface area contributed by atoms with Gasteiger partial charge >= 0.3 is 0 Å². The first-order chi connectivity index (χ1) is 8.69. The second-order valence-corrected chi connectivity index (χ2v) is 4.64. The topological polar surface area (TPSA) is 34.2 Å². The van der Waals surface area contributed by atoms with Crippen molar-refractivity contribution in [2.75, 3.05) is 11.9 Å². The van der Waals surface area contributed by atoms with E-state index < -0.39 is 11.6 Å². The number of aromatic nitrogens is 1. The lowest BCUT2D eigenvalue weighted by atomic mass is 10.3. The fraction of sp³-hybridized carbons (Fsp3) is 0.250. The van der Waals surface area contributed by atoms with Gasteiger partial charge in [0.15, 0.2) is 16.7 Å². The summed E-state index contributed by atoms with van der Waals surface area (Å²) in [5.41, 5.74) is 0. The SMILES string of the molecule is CCNc1ncc(COc2ccc(F)cc2F)s1. The lowest BCUT2D eigenvalue weighted by molar-refractivity contribution is 0.292. The van der Waals surface area contributed by atoms with E-state index in [0.29, 0.717) is 0 Å². The summed E-state index contributed by atoms with van der Waals surface area (Å²) in [5.74, 6) is -1.28. The summed E-state index contributed by atoms with van der Waals surface area (Å²) in [6, 6.07) is 3.23. The molecule has 0 spiro atoms. The maximum atomic E-state index is 13.3. The van der Waals surface area contributed by atoms with Gasteiger partial charge in [0.2, 0.25) is 0 Å². The molecule has 1 aromatic heterocycles. The van der Waals surface area contributed by atoms with Crippen LogP contribution in [0.15, 0.2) is 24.4 Å². The molecule has 2 aromatic rings. The Balaban J connectivity index is 1.97. The third kappa shape index (κ3) is 3.16. The third-order valence-electron chi connectivity index (χ3n) is 2.15. The predicted molar refractivity (Wildman–Crippen MR) is 67.0 cm³/mol. The summed E-state index contributed by atoms with van der Waals surface area (Å²) in [6.07, 6.45) is 1.67. The van der Waals surface area contributed by atoms with E-state index in [2.05, 4.69) is 10.3 Å². The highest BCUT2D eigenvalue weighted by Crippen LogP contribution is 2.22. The van der Waals surface area contributed by atoms with Crippen LogP contribution in [0.4, 0.5) is 13.9 Å². The van der Waals surface area contributed by atoms with Crippen molar-refractivity contribution in [3.8, 4) is 5.75 Å². The van der Waals surface area contributed by atoms with E-state index in [1.165, 1.54) is 17.4 Å². The number of anilines is 1. The molecule has 0 aliphatic rings. The van der Waals surface area contributed by atoms with Crippen LogP contribution in [0.1, 0.15) is 11.8 Å². The van der Waals surface area contributed by atoms with Crippen molar-refractivity contribution in [2.24, 2.45) is 0 Å². The van der Waals surface area contributed by atoms with Gasteiger partial charge in [0.25, 0.3) is 0 Å². The standard InChI is InChI=1S/C12H12F2N2OS/c1-2-15-12-16-6-9(18-12)7-17-11-4-3-8(13)5-10(11)14/h3-6H,2,7H2,1H3,(H,15,16). The molecule has 6 heteroatoms. The second kappa shape index (κ2) is 5.77. The Morgan fingerprint density at radius 2 is 2.22 bits per heavy atom. The molecule has 0 bridgehead atoms. The fourth-order valence-electron chi connectivity index (χ4n) is 1.35. The van der Waals surface area contributed by atoms with Crippen molar-refractivity contribution in [1.29, 1.82) is 0 Å². The first-order valence-electron chi connectivity index (χ1n) is 5.45. The van der Waals surface area contributed by atoms with Crippen LogP contribution in [0, 0.1) is 11.6 Å². The van der Waals surface area contributed by atoms with Gasteiger partial charge in [0.1, 0.15) is 12.4 Å². The number of halogens is 2. The molecule has 3 nitrogen and oxygen atoms in total. The number of thiazole rings is 1. The minimum Gasteiger partial charge on any atom is -0.485 e. The molecule has 0 atom stereocenters. The highest BCUT2D eigenvalue weighted by Gasteiger charge is 2.06. The first kappa shape index (κ1) is 12.8. The average molecular weight is 270 g/mol. The van der Waals surface area contributed by atoms with Crippen LogP contribution < -0.4 is 10.1 Å². The Morgan fingerprint density at radius 1 is 1.39 bits per heavy atom. The van der Waals surface area contributed by atoms with Crippen molar-refractivity contribution in [3.05, 3.63) is 40.9 Å². The second-order valence-electron chi connectivity index (χ2n) is 3.53. The van der Waals surface area contributed by atoms with Crippen LogP contribution in [0.5, 0.6) is 5.75 Å². The van der Waals surface area contributed by atoms with E-state index in [1.54, 1.807) is 6.20 Å². The molecule has 1 aromatic carbocycles. The number of nitrogens with zero attached hydrogens (tertiary/aromatic N) is 1. The van der Waals surface area contributed by atoms with Crippen LogP contribution in [0.3, 0.4) is 0 Å². The zero-order chi connectivity index (χ0) is 13.0. The van der Waals surface area contributed by atoms with Gasteiger partial charge in [-0.2, -0.15) is 0 Å². The third-order valence-corrected chi connectivity index (χ3v) is 3.07. The van der Waals surface area contributed by atoms with Crippen molar-refractivity contribution < 1.29 is 13.5 Å². The number of hydrogen-bond acceptors (Lipinski definition) is 4. The Hall–Kier alpha value is -1.69. The normalized spacial score (nSPS) is 10.4. The number of nitrogens with one attached hydrogen (secondary N) is 1. The molecule has 18 heavy (non-hydrogen) atoms. The van der Waals surface area contributed by atoms with Gasteiger partial charge in [-0.3, -0.25) is 0 Å². The van der Waals surface area contributed by atoms with Gasteiger partial charge in [-0.1, -0.05) is 11.3 Å². The fourth-order valence-corrected chi connectivity index (χ4v) is 2.14. The Labute approximate surface area is 107 Å². The van der Waals surface area contributed by atoms with Crippen molar-refractivity contribution >= 4 is 16.5 Å². The van der Waals surface area contributed by atoms with Crippen LogP contribution in [-0.4, -0.2) is 11.5 Å². The quantitative estimate of drug-likeness (QED) is 0.903. The van der Waals surface area contributed by atoms with E-state index in [9.17, 15) is 8.78 Å². The molecule has 2 rings (SSSR count). The molecule has 0 aliphatic carbocycles. The van der Waals surface area contributed by atoms with E-state index in [4.69, 9.17) is 4.74 Å². The monoisotopic (exact) mass is 270 g/mol. The summed E-state index contributed by atoms with van der Waals surface area (Å²) < 4.78 is 31.2. The Bertz CT molecular complexity index is 531. The van der Waals surface area contributed by atoms with Crippen molar-refractivity contribution in [2.45, 2.75) is 13.5 Å². The lowest BCUT2D eigenvalue weighted by Gasteiger charge is -2.05. The molecular weight excluding hydrogens is 258 g/mol. The first-order valence-corrected chi connectivity index (χ1v) is 6.27. The molecule has 0 aliphatic heterocycles. The molecule has 96 valence electrons. The molecule has 1 N–H and O–H groups in total. The van der Waals surface area contributed by atoms with Gasteiger partial charge in [-0.15, -0.1) is 0 Å². The van der Waals surface area contributed by atoms with Crippen LogP contribution >= 0.6 is 11.3 Å². The zero-order valence-corrected chi connectivity index (χ0v) is 10.6. The van der Waals surface area contributed by atoms with Crippen molar-refractivity contribution in [3.63, 3.8) is 0 Å². The van der Waals surface area contributed by atoms with Crippen LogP contribution in [0.2, 0.25) is 0 Å². The van der Waals surface area contributed by atoms with Gasteiger partial charge in [-0.05, 0) is 19.1 Å². The highest BCUT2D eigenvalue weighted by molar-refractivity contribution is 7.15. The molecule has 0 fully saturated rings. The lowest BCUT2D eigenvalue weighted by Crippen LogP contribution is -1.96. The van der Waals surface area contributed by atoms with Gasteiger partial charge in [-0.25, -0.2) is 13.8 Å². The van der Waals surface area contributed by atoms with Gasteiger partial charge in [0.05, 0.1) is 4.88 Å². The molecule has 0 unspecified atom stereocenters. The van der Waals surface area contributed by atoms with E-state index in [1.807, 2.05) is 6.92 Å². The van der Waals surface area contributed by atoms with E-state index >= 15 is 0 Å². The predicted octanol–water partition coefficient (Wildman–Crippen LogP) is 3.43. The molecule has 1 heterocycles. The molecule has 0 saturated heterocycles. The summed E-state index contributed by atoms with van der Waals surface area (Å²) in [5, 5.41) is 3.87. The minimum absolute atomic E-state index is 0.0369. The maximum absolute atomic E-state index is 13.3. The summed E-state index contributed by atoms with van der Waals surface area (Å²) in [6.45, 7) is 2.98. The zero-order valence-electron chi connectivity index (χ0n) is 9.74. The van der Waals surface area contributed by atoms with Crippen LogP contribution in [0.25, 0.3) is 0 Å². The molecular formula is C12H12F2N2OS. The Kier molecular flexibility index (Phi) is 4.09. The molecule has 0 saturated carbocycles. The van der Waals surface area contributed by atoms with Gasteiger partial charge < -0.3 is 10.1 Å². The van der Waals surface area contributed by atoms with Crippen molar-refractivity contribution in [1.82, 2.24) is 4.98 Å². The van der Waals surface area contributed by atoms with E-state index in [-0.39, 0.29) is 12.4 Å².